The van der Waals surface area contributed by atoms with Crippen LogP contribution >= 0.6 is 11.8 Å². The molecule has 0 saturated heterocycles. The lowest BCUT2D eigenvalue weighted by atomic mass is 10.1. The van der Waals surface area contributed by atoms with Crippen molar-refractivity contribution in [2.75, 3.05) is 19.1 Å². The molecule has 1 aromatic carbocycles. The summed E-state index contributed by atoms with van der Waals surface area (Å²) >= 11 is 1.64. The Morgan fingerprint density at radius 2 is 2.24 bits per heavy atom. The van der Waals surface area contributed by atoms with E-state index >= 15 is 0 Å². The van der Waals surface area contributed by atoms with Gasteiger partial charge in [-0.1, -0.05) is 0 Å². The van der Waals surface area contributed by atoms with Crippen molar-refractivity contribution in [3.05, 3.63) is 29.6 Å². The van der Waals surface area contributed by atoms with Crippen molar-refractivity contribution in [1.82, 2.24) is 4.90 Å². The monoisotopic (exact) mass is 257 g/mol. The van der Waals surface area contributed by atoms with Gasteiger partial charge in [-0.25, -0.2) is 4.39 Å². The van der Waals surface area contributed by atoms with Crippen LogP contribution in [0.25, 0.3) is 0 Å². The molecule has 0 aliphatic carbocycles. The van der Waals surface area contributed by atoms with E-state index in [4.69, 9.17) is 0 Å². The molecule has 94 valence electrons. The summed E-state index contributed by atoms with van der Waals surface area (Å²) in [5.41, 5.74) is 0.127. The molecular weight excluding hydrogens is 241 g/mol. The van der Waals surface area contributed by atoms with Crippen LogP contribution in [0.15, 0.2) is 18.2 Å². The average molecular weight is 257 g/mol. The molecule has 5 heteroatoms. The van der Waals surface area contributed by atoms with Crippen molar-refractivity contribution in [3.8, 4) is 5.75 Å². The highest BCUT2D eigenvalue weighted by Gasteiger charge is 2.20. The highest BCUT2D eigenvalue weighted by molar-refractivity contribution is 7.98. The van der Waals surface area contributed by atoms with E-state index in [0.717, 1.165) is 11.8 Å². The summed E-state index contributed by atoms with van der Waals surface area (Å²) in [4.78, 5) is 13.6. The average Bonchev–Trinajstić information content (AvgIpc) is 2.27. The topological polar surface area (TPSA) is 40.5 Å². The molecule has 0 heterocycles. The van der Waals surface area contributed by atoms with E-state index in [0.29, 0.717) is 0 Å². The Morgan fingerprint density at radius 1 is 1.59 bits per heavy atom. The third kappa shape index (κ3) is 3.36. The summed E-state index contributed by atoms with van der Waals surface area (Å²) in [5, 5.41) is 9.53. The standard InChI is InChI=1S/C12H16FNO2S/c1-8(7-17-3)14(2)12(16)10-5-4-9(13)6-11(10)15/h4-6,8,15H,7H2,1-3H3. The molecule has 0 saturated carbocycles. The second-order valence-corrected chi connectivity index (χ2v) is 4.79. The van der Waals surface area contributed by atoms with E-state index in [9.17, 15) is 14.3 Å². The van der Waals surface area contributed by atoms with Gasteiger partial charge in [0.25, 0.3) is 5.91 Å². The maximum atomic E-state index is 12.8. The van der Waals surface area contributed by atoms with Gasteiger partial charge in [-0.15, -0.1) is 0 Å². The number of nitrogens with zero attached hydrogens (tertiary/aromatic N) is 1. The minimum atomic E-state index is -0.557. The van der Waals surface area contributed by atoms with Crippen LogP contribution in [0.4, 0.5) is 4.39 Å². The van der Waals surface area contributed by atoms with Gasteiger partial charge in [-0.05, 0) is 25.3 Å². The molecule has 17 heavy (non-hydrogen) atoms. The maximum absolute atomic E-state index is 12.8. The normalized spacial score (nSPS) is 12.2. The zero-order chi connectivity index (χ0) is 13.0. The highest BCUT2D eigenvalue weighted by Crippen LogP contribution is 2.20. The summed E-state index contributed by atoms with van der Waals surface area (Å²) in [7, 11) is 1.67. The molecule has 0 spiro atoms. The number of halogens is 1. The fraction of sp³-hybridized carbons (Fsp3) is 0.417. The predicted octanol–water partition coefficient (Wildman–Crippen LogP) is 2.35. The first-order valence-electron chi connectivity index (χ1n) is 5.22. The van der Waals surface area contributed by atoms with Crippen molar-refractivity contribution in [1.29, 1.82) is 0 Å². The third-order valence-electron chi connectivity index (χ3n) is 2.58. The Labute approximate surface area is 105 Å². The van der Waals surface area contributed by atoms with Crippen LogP contribution in [0, 0.1) is 5.82 Å². The lowest BCUT2D eigenvalue weighted by molar-refractivity contribution is 0.0754. The minimum Gasteiger partial charge on any atom is -0.507 e. The number of hydrogen-bond acceptors (Lipinski definition) is 3. The molecule has 0 fully saturated rings. The summed E-state index contributed by atoms with van der Waals surface area (Å²) in [5.74, 6) is -0.370. The van der Waals surface area contributed by atoms with Gasteiger partial charge in [0.2, 0.25) is 0 Å². The van der Waals surface area contributed by atoms with Gasteiger partial charge < -0.3 is 10.0 Å². The fourth-order valence-electron chi connectivity index (χ4n) is 1.43. The second-order valence-electron chi connectivity index (χ2n) is 3.88. The van der Waals surface area contributed by atoms with E-state index < -0.39 is 5.82 Å². The summed E-state index contributed by atoms with van der Waals surface area (Å²) in [6.45, 7) is 1.93. The molecule has 1 rings (SSSR count). The Bertz CT molecular complexity index is 411. The Kier molecular flexibility index (Phi) is 4.81. The number of carbonyl (C=O) groups is 1. The van der Waals surface area contributed by atoms with Crippen LogP contribution < -0.4 is 0 Å². The van der Waals surface area contributed by atoms with Gasteiger partial charge in [0, 0.05) is 24.9 Å². The minimum absolute atomic E-state index is 0.0574. The smallest absolute Gasteiger partial charge is 0.257 e. The quantitative estimate of drug-likeness (QED) is 0.900. The van der Waals surface area contributed by atoms with Gasteiger partial charge in [0.15, 0.2) is 0 Å². The molecule has 0 aliphatic rings. The maximum Gasteiger partial charge on any atom is 0.257 e. The van der Waals surface area contributed by atoms with Crippen LogP contribution in [-0.4, -0.2) is 41.0 Å². The Morgan fingerprint density at radius 3 is 2.76 bits per heavy atom. The largest absolute Gasteiger partial charge is 0.507 e. The molecule has 3 nitrogen and oxygen atoms in total. The van der Waals surface area contributed by atoms with Gasteiger partial charge in [0.05, 0.1) is 5.56 Å². The number of phenols is 1. The Hall–Kier alpha value is -1.23. The second kappa shape index (κ2) is 5.91. The van der Waals surface area contributed by atoms with E-state index in [1.165, 1.54) is 12.1 Å². The predicted molar refractivity (Wildman–Crippen MR) is 68.0 cm³/mol. The lowest BCUT2D eigenvalue weighted by Gasteiger charge is -2.24. The van der Waals surface area contributed by atoms with E-state index in [2.05, 4.69) is 0 Å². The number of thioether (sulfide) groups is 1. The molecule has 1 atom stereocenters. The van der Waals surface area contributed by atoms with Crippen LogP contribution in [0.2, 0.25) is 0 Å². The number of hydrogen-bond donors (Lipinski definition) is 1. The van der Waals surface area contributed by atoms with Crippen molar-refractivity contribution in [2.24, 2.45) is 0 Å². The highest BCUT2D eigenvalue weighted by atomic mass is 32.2. The third-order valence-corrected chi connectivity index (χ3v) is 3.40. The first kappa shape index (κ1) is 13.8. The molecular formula is C12H16FNO2S. The van der Waals surface area contributed by atoms with Gasteiger partial charge >= 0.3 is 0 Å². The lowest BCUT2D eigenvalue weighted by Crippen LogP contribution is -2.36. The summed E-state index contributed by atoms with van der Waals surface area (Å²) in [6.07, 6.45) is 1.96. The van der Waals surface area contributed by atoms with Crippen LogP contribution in [-0.2, 0) is 0 Å². The Balaban J connectivity index is 2.88. The number of carbonyl (C=O) groups excluding carboxylic acids is 1. The first-order valence-corrected chi connectivity index (χ1v) is 6.61. The molecule has 1 unspecified atom stereocenters. The van der Waals surface area contributed by atoms with E-state index in [1.54, 1.807) is 23.7 Å². The van der Waals surface area contributed by atoms with Crippen molar-refractivity contribution in [2.45, 2.75) is 13.0 Å². The molecule has 0 bridgehead atoms. The van der Waals surface area contributed by atoms with E-state index in [1.807, 2.05) is 13.2 Å². The molecule has 0 aromatic heterocycles. The van der Waals surface area contributed by atoms with Crippen LogP contribution in [0.5, 0.6) is 5.75 Å². The van der Waals surface area contributed by atoms with Crippen LogP contribution in [0.3, 0.4) is 0 Å². The zero-order valence-corrected chi connectivity index (χ0v) is 10.9. The van der Waals surface area contributed by atoms with Gasteiger partial charge in [0.1, 0.15) is 11.6 Å². The zero-order valence-electron chi connectivity index (χ0n) is 10.1. The molecule has 0 aliphatic heterocycles. The first-order chi connectivity index (χ1) is 7.97. The molecule has 1 amide bonds. The van der Waals surface area contributed by atoms with Crippen molar-refractivity contribution in [3.63, 3.8) is 0 Å². The number of rotatable bonds is 4. The molecule has 0 radical (unpaired) electrons. The number of phenolic OH excluding ortho intramolecular Hbond substituents is 1. The van der Waals surface area contributed by atoms with Crippen LogP contribution in [0.1, 0.15) is 17.3 Å². The molecule has 1 N–H and O–H groups in total. The summed E-state index contributed by atoms with van der Waals surface area (Å²) < 4.78 is 12.8. The number of amides is 1. The van der Waals surface area contributed by atoms with Crippen molar-refractivity contribution >= 4 is 17.7 Å². The number of aromatic hydroxyl groups is 1. The van der Waals surface area contributed by atoms with Crippen molar-refractivity contribution < 1.29 is 14.3 Å². The fourth-order valence-corrected chi connectivity index (χ4v) is 2.13. The molecule has 1 aromatic rings. The number of benzene rings is 1. The van der Waals surface area contributed by atoms with Gasteiger partial charge in [-0.3, -0.25) is 4.79 Å². The van der Waals surface area contributed by atoms with Gasteiger partial charge in [-0.2, -0.15) is 11.8 Å². The SMILES string of the molecule is CSCC(C)N(C)C(=O)c1ccc(F)cc1O. The van der Waals surface area contributed by atoms with E-state index in [-0.39, 0.29) is 23.3 Å². The summed E-state index contributed by atoms with van der Waals surface area (Å²) in [6, 6.07) is 3.47.